The Morgan fingerprint density at radius 1 is 0.923 bits per heavy atom. The van der Waals surface area contributed by atoms with E-state index in [9.17, 15) is 33.9 Å². The van der Waals surface area contributed by atoms with Crippen molar-refractivity contribution >= 4 is 35.8 Å². The molecule has 1 aliphatic heterocycles. The van der Waals surface area contributed by atoms with Gasteiger partial charge in [0.15, 0.2) is 0 Å². The number of rotatable bonds is 17. The summed E-state index contributed by atoms with van der Waals surface area (Å²) >= 11 is 0. The third-order valence-electron chi connectivity index (χ3n) is 8.77. The molecule has 4 atom stereocenters. The molecule has 14 heteroatoms. The molecule has 284 valence electrons. The molecule has 1 heterocycles. The molecular formula is C38H52N4O10. The molecule has 1 saturated heterocycles. The fourth-order valence-electron chi connectivity index (χ4n) is 5.66. The average Bonchev–Trinajstić information content (AvgIpc) is 3.61. The maximum absolute atomic E-state index is 14.0. The third-order valence-corrected chi connectivity index (χ3v) is 8.77. The highest BCUT2D eigenvalue weighted by molar-refractivity contribution is 5.97. The Hall–Kier alpha value is -5.14. The number of benzene rings is 2. The zero-order chi connectivity index (χ0) is 38.5. The normalized spacial score (nSPS) is 16.4. The number of carboxylic acid groups (broad SMARTS) is 1. The molecule has 4 N–H and O–H groups in total. The van der Waals surface area contributed by atoms with Gasteiger partial charge in [-0.3, -0.25) is 14.4 Å². The van der Waals surface area contributed by atoms with Gasteiger partial charge in [-0.1, -0.05) is 37.3 Å². The van der Waals surface area contributed by atoms with Crippen molar-refractivity contribution in [2.45, 2.75) is 109 Å². The molecule has 0 unspecified atom stereocenters. The summed E-state index contributed by atoms with van der Waals surface area (Å²) in [5, 5.41) is 17.9. The first-order valence-corrected chi connectivity index (χ1v) is 17.6. The van der Waals surface area contributed by atoms with Crippen LogP contribution in [0.15, 0.2) is 54.6 Å². The minimum Gasteiger partial charge on any atom is -0.497 e. The van der Waals surface area contributed by atoms with Crippen molar-refractivity contribution in [1.82, 2.24) is 20.9 Å². The number of methoxy groups -OCH3 is 1. The van der Waals surface area contributed by atoms with E-state index in [1.165, 1.54) is 18.9 Å². The van der Waals surface area contributed by atoms with Crippen LogP contribution in [0, 0.1) is 0 Å². The van der Waals surface area contributed by atoms with Gasteiger partial charge < -0.3 is 40.2 Å². The van der Waals surface area contributed by atoms with Gasteiger partial charge in [0.2, 0.25) is 17.7 Å². The first kappa shape index (κ1) is 41.3. The lowest BCUT2D eigenvalue weighted by Crippen LogP contribution is -2.63. The van der Waals surface area contributed by atoms with Crippen LogP contribution in [0.25, 0.3) is 0 Å². The van der Waals surface area contributed by atoms with E-state index >= 15 is 0 Å². The van der Waals surface area contributed by atoms with Gasteiger partial charge in [-0.05, 0) is 96.0 Å². The highest BCUT2D eigenvalue weighted by Gasteiger charge is 2.41. The molecule has 0 spiro atoms. The zero-order valence-electron chi connectivity index (χ0n) is 30.9. The lowest BCUT2D eigenvalue weighted by Gasteiger charge is -2.34. The summed E-state index contributed by atoms with van der Waals surface area (Å²) in [5.74, 6) is -2.86. The number of hydrogen-bond donors (Lipinski definition) is 4. The van der Waals surface area contributed by atoms with Crippen molar-refractivity contribution in [2.24, 2.45) is 0 Å². The Balaban J connectivity index is 1.75. The van der Waals surface area contributed by atoms with Gasteiger partial charge in [0.25, 0.3) is 0 Å². The molecule has 3 rings (SSSR count). The second-order valence-electron chi connectivity index (χ2n) is 14.0. The summed E-state index contributed by atoms with van der Waals surface area (Å²) in [6.07, 6.45) is 1.07. The third kappa shape index (κ3) is 12.3. The van der Waals surface area contributed by atoms with Gasteiger partial charge in [0.1, 0.15) is 35.0 Å². The van der Waals surface area contributed by atoms with Crippen molar-refractivity contribution in [2.75, 3.05) is 20.3 Å². The van der Waals surface area contributed by atoms with Crippen molar-refractivity contribution in [3.8, 4) is 5.75 Å². The minimum atomic E-state index is -1.54. The van der Waals surface area contributed by atoms with E-state index in [0.717, 1.165) is 0 Å². The van der Waals surface area contributed by atoms with Gasteiger partial charge in [0.05, 0.1) is 19.3 Å². The number of nitrogens with zero attached hydrogens (tertiary/aromatic N) is 1. The standard InChI is InChI=1S/C38H52N4O10/c1-7-38(5,35(48)39-29(24-25-18-20-27(50-6)21-19-25)32(44)42-22-13-17-30(42)33(45)46)41-31(43)28(40-36(49)52-37(2,3)4)16-11-12-23-51-34(47)26-14-9-8-10-15-26/h8-10,14-15,18-21,28-30H,7,11-13,16-17,22-24H2,1-6H3,(H,39,48)(H,40,49)(H,41,43)(H,45,46)/t28-,29-,30+,38-/m0/s1. The molecule has 2 aromatic carbocycles. The first-order chi connectivity index (χ1) is 24.6. The van der Waals surface area contributed by atoms with Crippen molar-refractivity contribution in [3.63, 3.8) is 0 Å². The number of alkyl carbamates (subject to hydrolysis) is 1. The predicted octanol–water partition coefficient (Wildman–Crippen LogP) is 4.00. The second kappa shape index (κ2) is 18.9. The number of carbonyl (C=O) groups excluding carboxylic acids is 5. The number of aliphatic carboxylic acids is 1. The Morgan fingerprint density at radius 3 is 2.19 bits per heavy atom. The smallest absolute Gasteiger partial charge is 0.408 e. The molecule has 0 radical (unpaired) electrons. The molecular weight excluding hydrogens is 672 g/mol. The lowest BCUT2D eigenvalue weighted by atomic mass is 9.94. The van der Waals surface area contributed by atoms with Crippen LogP contribution >= 0.6 is 0 Å². The topological polar surface area (TPSA) is 190 Å². The van der Waals surface area contributed by atoms with Crippen molar-refractivity contribution in [3.05, 3.63) is 65.7 Å². The van der Waals surface area contributed by atoms with Crippen LogP contribution in [0.4, 0.5) is 4.79 Å². The fraction of sp³-hybridized carbons (Fsp3) is 0.526. The Kier molecular flexibility index (Phi) is 15.0. The summed E-state index contributed by atoms with van der Waals surface area (Å²) in [7, 11) is 1.53. The summed E-state index contributed by atoms with van der Waals surface area (Å²) in [5.41, 5.74) is -1.26. The van der Waals surface area contributed by atoms with Crippen LogP contribution in [-0.4, -0.2) is 95.3 Å². The summed E-state index contributed by atoms with van der Waals surface area (Å²) < 4.78 is 16.0. The fourth-order valence-corrected chi connectivity index (χ4v) is 5.66. The van der Waals surface area contributed by atoms with E-state index in [1.807, 2.05) is 0 Å². The molecule has 1 aliphatic rings. The Morgan fingerprint density at radius 2 is 1.60 bits per heavy atom. The highest BCUT2D eigenvalue weighted by atomic mass is 16.6. The SMILES string of the molecule is CC[C@](C)(NC(=O)[C@H](CCCCOC(=O)c1ccccc1)NC(=O)OC(C)(C)C)C(=O)N[C@@H](Cc1ccc(OC)cc1)C(=O)N1CCC[C@@H]1C(=O)O. The number of carbonyl (C=O) groups is 6. The number of ether oxygens (including phenoxy) is 3. The summed E-state index contributed by atoms with van der Waals surface area (Å²) in [6, 6.07) is 12.2. The molecule has 0 bridgehead atoms. The number of likely N-dealkylation sites (tertiary alicyclic amines) is 1. The Labute approximate surface area is 304 Å². The number of nitrogens with one attached hydrogen (secondary N) is 3. The van der Waals surface area contributed by atoms with E-state index in [4.69, 9.17) is 14.2 Å². The van der Waals surface area contributed by atoms with E-state index in [2.05, 4.69) is 16.0 Å². The minimum absolute atomic E-state index is 0.0584. The van der Waals surface area contributed by atoms with Gasteiger partial charge in [-0.25, -0.2) is 14.4 Å². The van der Waals surface area contributed by atoms with Crippen LogP contribution in [-0.2, 0) is 35.1 Å². The van der Waals surface area contributed by atoms with Gasteiger partial charge in [-0.2, -0.15) is 0 Å². The lowest BCUT2D eigenvalue weighted by molar-refractivity contribution is -0.149. The van der Waals surface area contributed by atoms with Gasteiger partial charge in [0, 0.05) is 13.0 Å². The molecule has 0 aliphatic carbocycles. The maximum Gasteiger partial charge on any atom is 0.408 e. The monoisotopic (exact) mass is 724 g/mol. The molecule has 14 nitrogen and oxygen atoms in total. The van der Waals surface area contributed by atoms with E-state index in [-0.39, 0.29) is 32.4 Å². The van der Waals surface area contributed by atoms with Gasteiger partial charge >= 0.3 is 18.0 Å². The van der Waals surface area contributed by atoms with Crippen LogP contribution in [0.5, 0.6) is 5.75 Å². The Bertz CT molecular complexity index is 1540. The maximum atomic E-state index is 14.0. The van der Waals surface area contributed by atoms with E-state index in [1.54, 1.807) is 82.3 Å². The molecule has 52 heavy (non-hydrogen) atoms. The van der Waals surface area contributed by atoms with E-state index in [0.29, 0.717) is 42.6 Å². The first-order valence-electron chi connectivity index (χ1n) is 17.6. The number of unbranched alkanes of at least 4 members (excludes halogenated alkanes) is 1. The van der Waals surface area contributed by atoms with Crippen LogP contribution in [0.2, 0.25) is 0 Å². The van der Waals surface area contributed by atoms with Crippen molar-refractivity contribution in [1.29, 1.82) is 0 Å². The second-order valence-corrected chi connectivity index (χ2v) is 14.0. The van der Waals surface area contributed by atoms with Gasteiger partial charge in [-0.15, -0.1) is 0 Å². The van der Waals surface area contributed by atoms with Crippen LogP contribution in [0.3, 0.4) is 0 Å². The molecule has 2 aromatic rings. The van der Waals surface area contributed by atoms with Crippen LogP contribution in [0.1, 0.15) is 89.1 Å². The molecule has 0 aromatic heterocycles. The number of esters is 1. The zero-order valence-corrected chi connectivity index (χ0v) is 30.9. The molecule has 4 amide bonds. The number of carboxylic acids is 1. The molecule has 0 saturated carbocycles. The molecule has 1 fully saturated rings. The average molecular weight is 725 g/mol. The van der Waals surface area contributed by atoms with Crippen LogP contribution < -0.4 is 20.7 Å². The summed E-state index contributed by atoms with van der Waals surface area (Å²) in [4.78, 5) is 79.9. The van der Waals surface area contributed by atoms with Crippen molar-refractivity contribution < 1.29 is 48.1 Å². The number of hydrogen-bond acceptors (Lipinski definition) is 9. The quantitative estimate of drug-likeness (QED) is 0.137. The number of amides is 4. The van der Waals surface area contributed by atoms with E-state index < -0.39 is 65.0 Å². The highest BCUT2D eigenvalue weighted by Crippen LogP contribution is 2.22. The summed E-state index contributed by atoms with van der Waals surface area (Å²) in [6.45, 7) is 8.59. The predicted molar refractivity (Wildman–Crippen MR) is 192 cm³/mol. The largest absolute Gasteiger partial charge is 0.497 e.